The topological polar surface area (TPSA) is 97.5 Å². The van der Waals surface area contributed by atoms with E-state index in [2.05, 4.69) is 15.5 Å². The number of pyridine rings is 1. The van der Waals surface area contributed by atoms with Crippen molar-refractivity contribution in [3.05, 3.63) is 106 Å². The maximum absolute atomic E-state index is 12.2. The molecule has 0 fully saturated rings. The first kappa shape index (κ1) is 17.9. The molecule has 27 heavy (non-hydrogen) atoms. The highest BCUT2D eigenvalue weighted by molar-refractivity contribution is 6.12. The van der Waals surface area contributed by atoms with E-state index < -0.39 is 4.92 Å². The molecule has 0 aliphatic carbocycles. The van der Waals surface area contributed by atoms with Crippen LogP contribution in [0.4, 0.5) is 5.69 Å². The van der Waals surface area contributed by atoms with Crippen molar-refractivity contribution in [2.24, 2.45) is 5.10 Å². The SMILES string of the molecule is O=C(Cc1ccc([N+](=O)[O-])cc1)N/N=C(\c1ccccc1)c1cccnc1. The number of nitrogens with zero attached hydrogens (tertiary/aromatic N) is 3. The molecular formula is C20H16N4O3. The molecule has 0 bridgehead atoms. The van der Waals surface area contributed by atoms with Gasteiger partial charge in [0.15, 0.2) is 0 Å². The van der Waals surface area contributed by atoms with E-state index in [1.54, 1.807) is 30.6 Å². The Balaban J connectivity index is 1.76. The van der Waals surface area contributed by atoms with Crippen LogP contribution < -0.4 is 5.43 Å². The molecule has 0 atom stereocenters. The zero-order valence-corrected chi connectivity index (χ0v) is 14.3. The predicted octanol–water partition coefficient (Wildman–Crippen LogP) is 3.10. The third-order valence-corrected chi connectivity index (χ3v) is 3.79. The molecule has 1 amide bonds. The van der Waals surface area contributed by atoms with Gasteiger partial charge < -0.3 is 0 Å². The van der Waals surface area contributed by atoms with Crippen LogP contribution >= 0.6 is 0 Å². The van der Waals surface area contributed by atoms with E-state index in [9.17, 15) is 14.9 Å². The van der Waals surface area contributed by atoms with Crippen LogP contribution in [0.3, 0.4) is 0 Å². The van der Waals surface area contributed by atoms with E-state index in [0.717, 1.165) is 11.1 Å². The highest BCUT2D eigenvalue weighted by Crippen LogP contribution is 2.13. The molecule has 0 aliphatic heterocycles. The Hall–Kier alpha value is -3.87. The zero-order chi connectivity index (χ0) is 19.1. The van der Waals surface area contributed by atoms with Crippen LogP contribution in [0.2, 0.25) is 0 Å². The average Bonchev–Trinajstić information content (AvgIpc) is 2.70. The van der Waals surface area contributed by atoms with Gasteiger partial charge >= 0.3 is 0 Å². The highest BCUT2D eigenvalue weighted by atomic mass is 16.6. The average molecular weight is 360 g/mol. The molecule has 0 saturated carbocycles. The van der Waals surface area contributed by atoms with Crippen molar-refractivity contribution >= 4 is 17.3 Å². The smallest absolute Gasteiger partial charge is 0.269 e. The lowest BCUT2D eigenvalue weighted by Crippen LogP contribution is -2.22. The molecule has 1 heterocycles. The number of amides is 1. The monoisotopic (exact) mass is 360 g/mol. The van der Waals surface area contributed by atoms with E-state index in [0.29, 0.717) is 11.3 Å². The van der Waals surface area contributed by atoms with Crippen molar-refractivity contribution in [1.82, 2.24) is 10.4 Å². The van der Waals surface area contributed by atoms with Gasteiger partial charge in [-0.25, -0.2) is 5.43 Å². The van der Waals surface area contributed by atoms with Gasteiger partial charge in [0, 0.05) is 35.7 Å². The third-order valence-electron chi connectivity index (χ3n) is 3.79. The molecule has 0 unspecified atom stereocenters. The van der Waals surface area contributed by atoms with Gasteiger partial charge in [-0.2, -0.15) is 5.10 Å². The number of nitro groups is 1. The number of nitrogens with one attached hydrogen (secondary N) is 1. The fourth-order valence-electron chi connectivity index (χ4n) is 2.47. The predicted molar refractivity (Wildman–Crippen MR) is 101 cm³/mol. The molecule has 1 N–H and O–H groups in total. The maximum atomic E-state index is 12.2. The number of aromatic nitrogens is 1. The summed E-state index contributed by atoms with van der Waals surface area (Å²) in [6, 6.07) is 19.0. The Morgan fingerprint density at radius 3 is 2.33 bits per heavy atom. The maximum Gasteiger partial charge on any atom is 0.269 e. The first-order valence-corrected chi connectivity index (χ1v) is 8.19. The molecule has 7 heteroatoms. The van der Waals surface area contributed by atoms with Gasteiger partial charge in [0.2, 0.25) is 5.91 Å². The second-order valence-corrected chi connectivity index (χ2v) is 5.70. The molecule has 1 aromatic heterocycles. The first-order valence-electron chi connectivity index (χ1n) is 8.19. The van der Waals surface area contributed by atoms with Crippen molar-refractivity contribution in [3.8, 4) is 0 Å². The molecule has 0 saturated heterocycles. The Morgan fingerprint density at radius 2 is 1.70 bits per heavy atom. The van der Waals surface area contributed by atoms with Gasteiger partial charge in [0.25, 0.3) is 5.69 Å². The Bertz CT molecular complexity index is 914. The lowest BCUT2D eigenvalue weighted by molar-refractivity contribution is -0.384. The highest BCUT2D eigenvalue weighted by Gasteiger charge is 2.10. The number of benzene rings is 2. The number of hydrogen-bond acceptors (Lipinski definition) is 5. The second kappa shape index (κ2) is 8.48. The first-order chi connectivity index (χ1) is 13.1. The number of non-ortho nitro benzene ring substituents is 1. The van der Waals surface area contributed by atoms with Gasteiger partial charge in [-0.3, -0.25) is 19.9 Å². The van der Waals surface area contributed by atoms with E-state index in [1.807, 2.05) is 36.4 Å². The largest absolute Gasteiger partial charge is 0.273 e. The van der Waals surface area contributed by atoms with Gasteiger partial charge in [0.05, 0.1) is 17.1 Å². The molecule has 2 aromatic carbocycles. The van der Waals surface area contributed by atoms with Crippen LogP contribution in [0.1, 0.15) is 16.7 Å². The molecule has 7 nitrogen and oxygen atoms in total. The number of nitro benzene ring substituents is 1. The van der Waals surface area contributed by atoms with Gasteiger partial charge in [-0.05, 0) is 17.7 Å². The summed E-state index contributed by atoms with van der Waals surface area (Å²) in [4.78, 5) is 26.5. The van der Waals surface area contributed by atoms with Crippen molar-refractivity contribution in [2.75, 3.05) is 0 Å². The number of carbonyl (C=O) groups excluding carboxylic acids is 1. The summed E-state index contributed by atoms with van der Waals surface area (Å²) in [6.45, 7) is 0. The molecule has 0 radical (unpaired) electrons. The molecule has 0 aliphatic rings. The second-order valence-electron chi connectivity index (χ2n) is 5.70. The Labute approximate surface area is 155 Å². The third kappa shape index (κ3) is 4.82. The summed E-state index contributed by atoms with van der Waals surface area (Å²) in [6.07, 6.45) is 3.41. The van der Waals surface area contributed by atoms with Crippen molar-refractivity contribution in [1.29, 1.82) is 0 Å². The molecule has 134 valence electrons. The Kier molecular flexibility index (Phi) is 5.64. The number of hydrogen-bond donors (Lipinski definition) is 1. The van der Waals surface area contributed by atoms with E-state index in [1.165, 1.54) is 12.1 Å². The van der Waals surface area contributed by atoms with Crippen LogP contribution in [0.25, 0.3) is 0 Å². The number of carbonyl (C=O) groups is 1. The quantitative estimate of drug-likeness (QED) is 0.415. The van der Waals surface area contributed by atoms with Crippen LogP contribution in [0, 0.1) is 10.1 Å². The number of hydrazone groups is 1. The molecule has 0 spiro atoms. The lowest BCUT2D eigenvalue weighted by atomic mass is 10.0. The summed E-state index contributed by atoms with van der Waals surface area (Å²) in [5, 5.41) is 15.0. The van der Waals surface area contributed by atoms with Crippen molar-refractivity contribution in [3.63, 3.8) is 0 Å². The minimum absolute atomic E-state index is 0.0138. The fourth-order valence-corrected chi connectivity index (χ4v) is 2.47. The van der Waals surface area contributed by atoms with Crippen LogP contribution in [0.5, 0.6) is 0 Å². The molecule has 3 rings (SSSR count). The summed E-state index contributed by atoms with van der Waals surface area (Å²) in [5.41, 5.74) is 5.43. The Morgan fingerprint density at radius 1 is 1.00 bits per heavy atom. The van der Waals surface area contributed by atoms with Crippen LogP contribution in [-0.2, 0) is 11.2 Å². The minimum Gasteiger partial charge on any atom is -0.273 e. The normalized spacial score (nSPS) is 11.0. The molecular weight excluding hydrogens is 344 g/mol. The zero-order valence-electron chi connectivity index (χ0n) is 14.3. The van der Waals surface area contributed by atoms with Gasteiger partial charge in [-0.15, -0.1) is 0 Å². The van der Waals surface area contributed by atoms with Gasteiger partial charge in [0.1, 0.15) is 0 Å². The van der Waals surface area contributed by atoms with Crippen LogP contribution in [-0.4, -0.2) is 21.5 Å². The van der Waals surface area contributed by atoms with Gasteiger partial charge in [-0.1, -0.05) is 42.5 Å². The van der Waals surface area contributed by atoms with Crippen molar-refractivity contribution in [2.45, 2.75) is 6.42 Å². The number of rotatable bonds is 6. The minimum atomic E-state index is -0.478. The van der Waals surface area contributed by atoms with Crippen molar-refractivity contribution < 1.29 is 9.72 Å². The standard InChI is InChI=1S/C20H16N4O3/c25-19(13-15-8-10-18(11-9-15)24(26)27)22-23-20(16-5-2-1-3-6-16)17-7-4-12-21-14-17/h1-12,14H,13H2,(H,22,25)/b23-20+. The summed E-state index contributed by atoms with van der Waals surface area (Å²) in [7, 11) is 0. The van der Waals surface area contributed by atoms with E-state index in [-0.39, 0.29) is 18.0 Å². The van der Waals surface area contributed by atoms with E-state index in [4.69, 9.17) is 0 Å². The summed E-state index contributed by atoms with van der Waals surface area (Å²) < 4.78 is 0. The molecule has 3 aromatic rings. The summed E-state index contributed by atoms with van der Waals surface area (Å²) in [5.74, 6) is -0.318. The van der Waals surface area contributed by atoms with Crippen LogP contribution in [0.15, 0.2) is 84.2 Å². The van der Waals surface area contributed by atoms with E-state index >= 15 is 0 Å². The summed E-state index contributed by atoms with van der Waals surface area (Å²) >= 11 is 0. The fraction of sp³-hybridized carbons (Fsp3) is 0.0500. The lowest BCUT2D eigenvalue weighted by Gasteiger charge is -2.07.